The quantitative estimate of drug-likeness (QED) is 0.809. The average molecular weight is 321 g/mol. The number of hydrogen-bond acceptors (Lipinski definition) is 2. The molecule has 1 heterocycles. The molecule has 1 aromatic heterocycles. The molecule has 0 atom stereocenters. The van der Waals surface area contributed by atoms with Gasteiger partial charge in [0, 0.05) is 10.7 Å². The fourth-order valence-electron chi connectivity index (χ4n) is 1.14. The van der Waals surface area contributed by atoms with Crippen molar-refractivity contribution < 1.29 is 13.5 Å². The van der Waals surface area contributed by atoms with Crippen LogP contribution in [-0.4, -0.2) is 4.98 Å². The zero-order valence-electron chi connectivity index (χ0n) is 8.25. The van der Waals surface area contributed by atoms with Crippen molar-refractivity contribution in [3.63, 3.8) is 0 Å². The maximum absolute atomic E-state index is 13.5. The van der Waals surface area contributed by atoms with E-state index in [9.17, 15) is 8.78 Å². The van der Waals surface area contributed by atoms with Crippen molar-refractivity contribution in [1.29, 1.82) is 0 Å². The van der Waals surface area contributed by atoms with Crippen molar-refractivity contribution in [2.45, 2.75) is 0 Å². The Balaban J connectivity index is 2.35. The first-order chi connectivity index (χ1) is 8.08. The number of aromatic nitrogens is 1. The molecule has 6 heteroatoms. The van der Waals surface area contributed by atoms with Crippen LogP contribution in [0, 0.1) is 11.6 Å². The van der Waals surface area contributed by atoms with E-state index in [2.05, 4.69) is 20.9 Å². The van der Waals surface area contributed by atoms with Gasteiger partial charge in [0.2, 0.25) is 0 Å². The minimum Gasteiger partial charge on any atom is -0.433 e. The van der Waals surface area contributed by atoms with Crippen LogP contribution in [0.25, 0.3) is 0 Å². The van der Waals surface area contributed by atoms with E-state index in [1.54, 1.807) is 0 Å². The summed E-state index contributed by atoms with van der Waals surface area (Å²) in [6, 6.07) is 5.38. The lowest BCUT2D eigenvalue weighted by atomic mass is 10.3. The van der Waals surface area contributed by atoms with Gasteiger partial charge in [-0.2, -0.15) is 0 Å². The fraction of sp³-hybridized carbons (Fsp3) is 0. The van der Waals surface area contributed by atoms with E-state index >= 15 is 0 Å². The number of pyridine rings is 1. The van der Waals surface area contributed by atoms with E-state index in [0.29, 0.717) is 4.47 Å². The molecule has 0 unspecified atom stereocenters. The summed E-state index contributed by atoms with van der Waals surface area (Å²) >= 11 is 8.62. The lowest BCUT2D eigenvalue weighted by Gasteiger charge is -2.07. The highest BCUT2D eigenvalue weighted by atomic mass is 79.9. The van der Waals surface area contributed by atoms with Crippen LogP contribution >= 0.6 is 27.5 Å². The van der Waals surface area contributed by atoms with Crippen LogP contribution in [0.4, 0.5) is 8.78 Å². The molecule has 17 heavy (non-hydrogen) atoms. The van der Waals surface area contributed by atoms with Gasteiger partial charge >= 0.3 is 0 Å². The molecule has 0 amide bonds. The van der Waals surface area contributed by atoms with Crippen LogP contribution in [-0.2, 0) is 0 Å². The second-order valence-electron chi connectivity index (χ2n) is 3.09. The van der Waals surface area contributed by atoms with Gasteiger partial charge in [-0.15, -0.1) is 0 Å². The van der Waals surface area contributed by atoms with Crippen LogP contribution in [0.2, 0.25) is 5.02 Å². The Morgan fingerprint density at radius 1 is 1.29 bits per heavy atom. The Morgan fingerprint density at radius 3 is 2.76 bits per heavy atom. The van der Waals surface area contributed by atoms with Gasteiger partial charge in [0.05, 0.1) is 5.02 Å². The molecule has 0 saturated carbocycles. The third kappa shape index (κ3) is 2.73. The minimum atomic E-state index is -0.752. The molecule has 0 aliphatic carbocycles. The maximum atomic E-state index is 13.5. The Kier molecular flexibility index (Phi) is 3.59. The number of benzene rings is 1. The van der Waals surface area contributed by atoms with Gasteiger partial charge in [0.15, 0.2) is 17.4 Å². The molecule has 0 N–H and O–H groups in total. The summed E-state index contributed by atoms with van der Waals surface area (Å²) in [5.41, 5.74) is 0. The second kappa shape index (κ2) is 4.98. The van der Waals surface area contributed by atoms with Crippen molar-refractivity contribution in [1.82, 2.24) is 4.98 Å². The third-order valence-electron chi connectivity index (χ3n) is 1.90. The zero-order chi connectivity index (χ0) is 12.4. The van der Waals surface area contributed by atoms with Crippen LogP contribution in [0.15, 0.2) is 34.9 Å². The SMILES string of the molecule is Fc1cc(Br)cnc1Oc1cccc(Cl)c1F. The fourth-order valence-corrected chi connectivity index (χ4v) is 1.61. The molecule has 2 aromatic rings. The first kappa shape index (κ1) is 12.3. The summed E-state index contributed by atoms with van der Waals surface area (Å²) < 4.78 is 32.4. The number of halogens is 4. The monoisotopic (exact) mass is 319 g/mol. The Hall–Kier alpha value is -1.20. The van der Waals surface area contributed by atoms with Gasteiger partial charge in [-0.1, -0.05) is 17.7 Å². The van der Waals surface area contributed by atoms with Gasteiger partial charge in [-0.25, -0.2) is 13.8 Å². The third-order valence-corrected chi connectivity index (χ3v) is 2.62. The van der Waals surface area contributed by atoms with E-state index in [1.165, 1.54) is 30.5 Å². The molecular weight excluding hydrogens is 315 g/mol. The van der Waals surface area contributed by atoms with Crippen LogP contribution < -0.4 is 4.74 Å². The van der Waals surface area contributed by atoms with Gasteiger partial charge in [0.25, 0.3) is 5.88 Å². The summed E-state index contributed by atoms with van der Waals surface area (Å²) in [7, 11) is 0. The summed E-state index contributed by atoms with van der Waals surface area (Å²) in [5.74, 6) is -1.93. The minimum absolute atomic E-state index is 0.0972. The van der Waals surface area contributed by atoms with E-state index in [0.717, 1.165) is 0 Å². The van der Waals surface area contributed by atoms with Gasteiger partial charge in [0.1, 0.15) is 0 Å². The molecule has 0 spiro atoms. The average Bonchev–Trinajstić information content (AvgIpc) is 2.28. The molecule has 0 aliphatic rings. The lowest BCUT2D eigenvalue weighted by Crippen LogP contribution is -1.94. The first-order valence-electron chi connectivity index (χ1n) is 4.51. The molecule has 0 fully saturated rings. The van der Waals surface area contributed by atoms with E-state index in [1.807, 2.05) is 0 Å². The van der Waals surface area contributed by atoms with Crippen molar-refractivity contribution in [3.8, 4) is 11.6 Å². The number of ether oxygens (including phenoxy) is 1. The van der Waals surface area contributed by atoms with Gasteiger partial charge in [-0.3, -0.25) is 0 Å². The summed E-state index contributed by atoms with van der Waals surface area (Å²) in [6.45, 7) is 0. The highest BCUT2D eigenvalue weighted by Gasteiger charge is 2.12. The van der Waals surface area contributed by atoms with E-state index in [4.69, 9.17) is 16.3 Å². The van der Waals surface area contributed by atoms with Crippen molar-refractivity contribution >= 4 is 27.5 Å². The molecule has 0 bridgehead atoms. The number of hydrogen-bond donors (Lipinski definition) is 0. The van der Waals surface area contributed by atoms with Gasteiger partial charge in [-0.05, 0) is 34.1 Å². The number of nitrogens with zero attached hydrogens (tertiary/aromatic N) is 1. The molecule has 2 rings (SSSR count). The topological polar surface area (TPSA) is 22.1 Å². The smallest absolute Gasteiger partial charge is 0.256 e. The lowest BCUT2D eigenvalue weighted by molar-refractivity contribution is 0.398. The van der Waals surface area contributed by atoms with Crippen molar-refractivity contribution in [3.05, 3.63) is 51.6 Å². The van der Waals surface area contributed by atoms with Gasteiger partial charge < -0.3 is 4.74 Å². The summed E-state index contributed by atoms with van der Waals surface area (Å²) in [4.78, 5) is 3.69. The summed E-state index contributed by atoms with van der Waals surface area (Å²) in [6.07, 6.45) is 1.35. The molecular formula is C11H5BrClF2NO. The highest BCUT2D eigenvalue weighted by molar-refractivity contribution is 9.10. The molecule has 1 aromatic carbocycles. The molecule has 0 aliphatic heterocycles. The Morgan fingerprint density at radius 2 is 2.06 bits per heavy atom. The largest absolute Gasteiger partial charge is 0.433 e. The normalized spacial score (nSPS) is 10.4. The molecule has 0 saturated heterocycles. The van der Waals surface area contributed by atoms with E-state index < -0.39 is 11.6 Å². The van der Waals surface area contributed by atoms with Crippen molar-refractivity contribution in [2.24, 2.45) is 0 Å². The Labute approximate surface area is 109 Å². The van der Waals surface area contributed by atoms with Crippen LogP contribution in [0.5, 0.6) is 11.6 Å². The Bertz CT molecular complexity index is 565. The highest BCUT2D eigenvalue weighted by Crippen LogP contribution is 2.29. The second-order valence-corrected chi connectivity index (χ2v) is 4.42. The first-order valence-corrected chi connectivity index (χ1v) is 5.68. The molecule has 2 nitrogen and oxygen atoms in total. The predicted octanol–water partition coefficient (Wildman–Crippen LogP) is 4.57. The van der Waals surface area contributed by atoms with Crippen LogP contribution in [0.3, 0.4) is 0 Å². The van der Waals surface area contributed by atoms with Crippen molar-refractivity contribution in [2.75, 3.05) is 0 Å². The van der Waals surface area contributed by atoms with Crippen LogP contribution in [0.1, 0.15) is 0 Å². The standard InChI is InChI=1S/C11H5BrClF2NO/c12-6-4-8(14)11(16-5-6)17-9-3-1-2-7(13)10(9)15/h1-5H. The predicted molar refractivity (Wildman–Crippen MR) is 63.4 cm³/mol. The number of rotatable bonds is 2. The molecule has 0 radical (unpaired) electrons. The zero-order valence-corrected chi connectivity index (χ0v) is 10.6. The van der Waals surface area contributed by atoms with E-state index in [-0.39, 0.29) is 16.7 Å². The molecule has 88 valence electrons. The summed E-state index contributed by atoms with van der Waals surface area (Å²) in [5, 5.41) is -0.0972. The maximum Gasteiger partial charge on any atom is 0.256 e.